The summed E-state index contributed by atoms with van der Waals surface area (Å²) in [7, 11) is 0. The summed E-state index contributed by atoms with van der Waals surface area (Å²) in [6.45, 7) is 4.33. The van der Waals surface area contributed by atoms with Crippen molar-refractivity contribution in [1.82, 2.24) is 0 Å². The van der Waals surface area contributed by atoms with Gasteiger partial charge in [-0.2, -0.15) is 0 Å². The summed E-state index contributed by atoms with van der Waals surface area (Å²) in [5.74, 6) is -1.08. The lowest BCUT2D eigenvalue weighted by Gasteiger charge is -2.27. The molecule has 0 saturated heterocycles. The van der Waals surface area contributed by atoms with Crippen LogP contribution in [-0.4, -0.2) is 11.8 Å². The van der Waals surface area contributed by atoms with Crippen LogP contribution in [0.5, 0.6) is 0 Å². The molecule has 2 amide bonds. The maximum absolute atomic E-state index is 11.9. The number of nitrogens with two attached hydrogens (primary N) is 2. The molecule has 0 spiro atoms. The van der Waals surface area contributed by atoms with Gasteiger partial charge in [-0.05, 0) is 12.8 Å². The SMILES string of the molecule is CCCCCCCCCCCCC(CCCCC)(C(N)=O)C(N)=O. The van der Waals surface area contributed by atoms with Gasteiger partial charge in [0.1, 0.15) is 5.41 Å². The average Bonchev–Trinajstić information content (AvgIpc) is 2.54. The summed E-state index contributed by atoms with van der Waals surface area (Å²) < 4.78 is 0. The third-order valence-electron chi connectivity index (χ3n) is 5.11. The molecule has 142 valence electrons. The van der Waals surface area contributed by atoms with Crippen molar-refractivity contribution in [3.05, 3.63) is 0 Å². The lowest BCUT2D eigenvalue weighted by molar-refractivity contribution is -0.141. The van der Waals surface area contributed by atoms with E-state index in [0.29, 0.717) is 12.8 Å². The first kappa shape index (κ1) is 22.9. The lowest BCUT2D eigenvalue weighted by Crippen LogP contribution is -2.47. The van der Waals surface area contributed by atoms with Gasteiger partial charge < -0.3 is 11.5 Å². The number of primary amides is 2. The Hall–Kier alpha value is -1.06. The Labute approximate surface area is 149 Å². The maximum Gasteiger partial charge on any atom is 0.233 e. The van der Waals surface area contributed by atoms with E-state index < -0.39 is 17.2 Å². The van der Waals surface area contributed by atoms with Crippen LogP contribution in [0.15, 0.2) is 0 Å². The Morgan fingerprint density at radius 3 is 1.25 bits per heavy atom. The molecule has 0 saturated carbocycles. The molecule has 0 aromatic heterocycles. The van der Waals surface area contributed by atoms with E-state index in [4.69, 9.17) is 11.5 Å². The normalized spacial score (nSPS) is 11.6. The molecule has 0 aliphatic rings. The van der Waals surface area contributed by atoms with Crippen LogP contribution in [-0.2, 0) is 9.59 Å². The summed E-state index contributed by atoms with van der Waals surface area (Å²) in [4.78, 5) is 23.7. The maximum atomic E-state index is 11.9. The van der Waals surface area contributed by atoms with Crippen molar-refractivity contribution in [2.24, 2.45) is 16.9 Å². The molecular formula is C20H40N2O2. The second-order valence-corrected chi connectivity index (χ2v) is 7.20. The van der Waals surface area contributed by atoms with Crippen molar-refractivity contribution in [3.8, 4) is 0 Å². The predicted molar refractivity (Wildman–Crippen MR) is 101 cm³/mol. The Morgan fingerprint density at radius 2 is 0.875 bits per heavy atom. The highest BCUT2D eigenvalue weighted by molar-refractivity contribution is 6.03. The summed E-state index contributed by atoms with van der Waals surface area (Å²) in [5.41, 5.74) is 9.94. The fourth-order valence-electron chi connectivity index (χ4n) is 3.33. The third-order valence-corrected chi connectivity index (χ3v) is 5.11. The van der Waals surface area contributed by atoms with Gasteiger partial charge >= 0.3 is 0 Å². The topological polar surface area (TPSA) is 86.2 Å². The Balaban J connectivity index is 4.02. The van der Waals surface area contributed by atoms with Crippen molar-refractivity contribution in [2.75, 3.05) is 0 Å². The van der Waals surface area contributed by atoms with Crippen LogP contribution in [0, 0.1) is 5.41 Å². The molecule has 0 unspecified atom stereocenters. The Bertz CT molecular complexity index is 329. The van der Waals surface area contributed by atoms with E-state index in [2.05, 4.69) is 13.8 Å². The molecule has 0 aromatic rings. The highest BCUT2D eigenvalue weighted by Crippen LogP contribution is 2.31. The van der Waals surface area contributed by atoms with Crippen molar-refractivity contribution < 1.29 is 9.59 Å². The smallest absolute Gasteiger partial charge is 0.233 e. The first-order valence-corrected chi connectivity index (χ1v) is 10.1. The van der Waals surface area contributed by atoms with Crippen LogP contribution in [0.2, 0.25) is 0 Å². The molecule has 0 aromatic carbocycles. The lowest BCUT2D eigenvalue weighted by atomic mass is 9.76. The van der Waals surface area contributed by atoms with Gasteiger partial charge in [0.15, 0.2) is 0 Å². The van der Waals surface area contributed by atoms with Crippen molar-refractivity contribution in [3.63, 3.8) is 0 Å². The van der Waals surface area contributed by atoms with Crippen molar-refractivity contribution in [2.45, 2.75) is 110 Å². The van der Waals surface area contributed by atoms with Gasteiger partial charge in [0.05, 0.1) is 0 Å². The molecule has 0 bridgehead atoms. The fourth-order valence-corrected chi connectivity index (χ4v) is 3.33. The highest BCUT2D eigenvalue weighted by atomic mass is 16.2. The van der Waals surface area contributed by atoms with Crippen molar-refractivity contribution in [1.29, 1.82) is 0 Å². The molecule has 0 atom stereocenters. The van der Waals surface area contributed by atoms with Gasteiger partial charge in [0.25, 0.3) is 0 Å². The molecule has 24 heavy (non-hydrogen) atoms. The monoisotopic (exact) mass is 340 g/mol. The zero-order chi connectivity index (χ0) is 18.3. The standard InChI is InChI=1S/C20H40N2O2/c1-3-5-7-8-9-10-11-12-13-15-17-20(18(21)23,19(22)24)16-14-6-4-2/h3-17H2,1-2H3,(H2,21,23)(H2,22,24). The zero-order valence-corrected chi connectivity index (χ0v) is 16.1. The largest absolute Gasteiger partial charge is 0.369 e. The van der Waals surface area contributed by atoms with Crippen LogP contribution in [0.3, 0.4) is 0 Å². The van der Waals surface area contributed by atoms with Gasteiger partial charge in [-0.25, -0.2) is 0 Å². The molecule has 0 aliphatic carbocycles. The van der Waals surface area contributed by atoms with E-state index in [-0.39, 0.29) is 0 Å². The quantitative estimate of drug-likeness (QED) is 0.293. The van der Waals surface area contributed by atoms with Gasteiger partial charge in [-0.1, -0.05) is 97.3 Å². The van der Waals surface area contributed by atoms with Gasteiger partial charge in [-0.3, -0.25) is 9.59 Å². The molecule has 0 radical (unpaired) electrons. The van der Waals surface area contributed by atoms with Gasteiger partial charge in [0.2, 0.25) is 11.8 Å². The van der Waals surface area contributed by atoms with E-state index in [0.717, 1.165) is 38.5 Å². The number of carbonyl (C=O) groups excluding carboxylic acids is 2. The number of carbonyl (C=O) groups is 2. The Morgan fingerprint density at radius 1 is 0.583 bits per heavy atom. The number of rotatable bonds is 17. The van der Waals surface area contributed by atoms with E-state index in [1.54, 1.807) is 0 Å². The van der Waals surface area contributed by atoms with Crippen LogP contribution in [0.1, 0.15) is 110 Å². The molecule has 4 nitrogen and oxygen atoms in total. The molecule has 4 heteroatoms. The zero-order valence-electron chi connectivity index (χ0n) is 16.1. The highest BCUT2D eigenvalue weighted by Gasteiger charge is 2.41. The van der Waals surface area contributed by atoms with E-state index in [1.165, 1.54) is 44.9 Å². The van der Waals surface area contributed by atoms with E-state index in [1.807, 2.05) is 0 Å². The third kappa shape index (κ3) is 9.29. The molecule has 0 heterocycles. The Kier molecular flexibility index (Phi) is 13.7. The number of hydrogen-bond acceptors (Lipinski definition) is 2. The predicted octanol–water partition coefficient (Wildman–Crippen LogP) is 4.83. The minimum absolute atomic E-state index is 0.503. The number of hydrogen-bond donors (Lipinski definition) is 2. The van der Waals surface area contributed by atoms with Crippen LogP contribution in [0.4, 0.5) is 0 Å². The molecule has 4 N–H and O–H groups in total. The second kappa shape index (κ2) is 14.3. The summed E-state index contributed by atoms with van der Waals surface area (Å²) in [5, 5.41) is 0. The van der Waals surface area contributed by atoms with Gasteiger partial charge in [-0.15, -0.1) is 0 Å². The number of amides is 2. The van der Waals surface area contributed by atoms with Crippen molar-refractivity contribution >= 4 is 11.8 Å². The van der Waals surface area contributed by atoms with Crippen LogP contribution < -0.4 is 11.5 Å². The molecule has 0 rings (SSSR count). The van der Waals surface area contributed by atoms with E-state index in [9.17, 15) is 9.59 Å². The van der Waals surface area contributed by atoms with E-state index >= 15 is 0 Å². The minimum Gasteiger partial charge on any atom is -0.369 e. The summed E-state index contributed by atoms with van der Waals surface area (Å²) >= 11 is 0. The molecule has 0 aliphatic heterocycles. The summed E-state index contributed by atoms with van der Waals surface area (Å²) in [6, 6.07) is 0. The van der Waals surface area contributed by atoms with Gasteiger partial charge in [0, 0.05) is 0 Å². The first-order chi connectivity index (χ1) is 11.5. The molecular weight excluding hydrogens is 300 g/mol. The fraction of sp³-hybridized carbons (Fsp3) is 0.900. The minimum atomic E-state index is -1.13. The molecule has 0 fully saturated rings. The average molecular weight is 341 g/mol. The first-order valence-electron chi connectivity index (χ1n) is 10.1. The summed E-state index contributed by atoms with van der Waals surface area (Å²) in [6.07, 6.45) is 16.1. The second-order valence-electron chi connectivity index (χ2n) is 7.20. The van der Waals surface area contributed by atoms with Crippen LogP contribution in [0.25, 0.3) is 0 Å². The van der Waals surface area contributed by atoms with Crippen LogP contribution >= 0.6 is 0 Å². The number of unbranched alkanes of at least 4 members (excludes halogenated alkanes) is 11.